The Morgan fingerprint density at radius 2 is 1.95 bits per heavy atom. The molecule has 0 spiro atoms. The highest BCUT2D eigenvalue weighted by Gasteiger charge is 2.14. The fourth-order valence-corrected chi connectivity index (χ4v) is 1.99. The second-order valence-electron chi connectivity index (χ2n) is 4.38. The molecule has 6 nitrogen and oxygen atoms in total. The predicted octanol–water partition coefficient (Wildman–Crippen LogP) is 1.93. The Kier molecular flexibility index (Phi) is 2.83. The van der Waals surface area contributed by atoms with Gasteiger partial charge in [0.15, 0.2) is 0 Å². The number of fused-ring (bicyclic) bond motifs is 1. The molecule has 0 unspecified atom stereocenters. The molecule has 1 aromatic heterocycles. The molecule has 0 atom stereocenters. The summed E-state index contributed by atoms with van der Waals surface area (Å²) in [5.41, 5.74) is 0.201. The molecule has 0 saturated carbocycles. The van der Waals surface area contributed by atoms with Crippen LogP contribution in [0.2, 0.25) is 0 Å². The number of hydrogen-bond acceptors (Lipinski definition) is 4. The number of aryl methyl sites for hydroxylation is 1. The molecule has 2 N–H and O–H groups in total. The fraction of sp³-hybridized carbons (Fsp3) is 0.0714. The van der Waals surface area contributed by atoms with Crippen LogP contribution in [-0.4, -0.2) is 25.8 Å². The van der Waals surface area contributed by atoms with E-state index in [1.165, 1.54) is 11.0 Å². The van der Waals surface area contributed by atoms with Crippen molar-refractivity contribution < 1.29 is 9.90 Å². The van der Waals surface area contributed by atoms with Crippen LogP contribution in [0.15, 0.2) is 42.7 Å². The number of anilines is 1. The number of aromatic hydroxyl groups is 1. The van der Waals surface area contributed by atoms with E-state index in [9.17, 15) is 9.90 Å². The van der Waals surface area contributed by atoms with Crippen LogP contribution in [0.4, 0.5) is 5.95 Å². The highest BCUT2D eigenvalue weighted by Crippen LogP contribution is 2.25. The quantitative estimate of drug-likeness (QED) is 0.744. The van der Waals surface area contributed by atoms with Crippen molar-refractivity contribution in [2.24, 2.45) is 7.05 Å². The van der Waals surface area contributed by atoms with E-state index in [0.29, 0.717) is 5.95 Å². The first-order valence-electron chi connectivity index (χ1n) is 6.02. The zero-order valence-corrected chi connectivity index (χ0v) is 10.7. The van der Waals surface area contributed by atoms with Gasteiger partial charge >= 0.3 is 0 Å². The summed E-state index contributed by atoms with van der Waals surface area (Å²) in [4.78, 5) is 16.1. The zero-order valence-electron chi connectivity index (χ0n) is 10.7. The molecule has 0 aliphatic carbocycles. The van der Waals surface area contributed by atoms with Gasteiger partial charge < -0.3 is 5.11 Å². The van der Waals surface area contributed by atoms with Crippen molar-refractivity contribution in [2.45, 2.75) is 0 Å². The molecule has 0 aliphatic rings. The average Bonchev–Trinajstić information content (AvgIpc) is 2.83. The number of amides is 1. The van der Waals surface area contributed by atoms with Gasteiger partial charge in [0.05, 0.1) is 5.56 Å². The molecule has 20 heavy (non-hydrogen) atoms. The van der Waals surface area contributed by atoms with Crippen LogP contribution in [-0.2, 0) is 7.05 Å². The number of aromatic nitrogens is 3. The third-order valence-corrected chi connectivity index (χ3v) is 3.05. The van der Waals surface area contributed by atoms with Crippen LogP contribution in [0.25, 0.3) is 10.8 Å². The molecule has 0 aliphatic heterocycles. The summed E-state index contributed by atoms with van der Waals surface area (Å²) < 4.78 is 1.44. The van der Waals surface area contributed by atoms with E-state index in [1.54, 1.807) is 19.2 Å². The number of carbonyl (C=O) groups is 1. The summed E-state index contributed by atoms with van der Waals surface area (Å²) in [5.74, 6) is -0.171. The van der Waals surface area contributed by atoms with E-state index in [0.717, 1.165) is 10.8 Å². The molecule has 0 radical (unpaired) electrons. The van der Waals surface area contributed by atoms with E-state index in [2.05, 4.69) is 15.4 Å². The summed E-state index contributed by atoms with van der Waals surface area (Å²) in [6.07, 6.45) is 1.34. The molecule has 3 rings (SSSR count). The van der Waals surface area contributed by atoms with Gasteiger partial charge in [-0.2, -0.15) is 10.1 Å². The third-order valence-electron chi connectivity index (χ3n) is 3.05. The van der Waals surface area contributed by atoms with Gasteiger partial charge in [-0.15, -0.1) is 0 Å². The number of rotatable bonds is 2. The third kappa shape index (κ3) is 2.07. The summed E-state index contributed by atoms with van der Waals surface area (Å²) in [7, 11) is 1.67. The highest BCUT2D eigenvalue weighted by atomic mass is 16.3. The molecule has 1 heterocycles. The summed E-state index contributed by atoms with van der Waals surface area (Å²) in [6, 6.07) is 10.7. The van der Waals surface area contributed by atoms with E-state index in [4.69, 9.17) is 0 Å². The van der Waals surface area contributed by atoms with Gasteiger partial charge in [-0.05, 0) is 22.9 Å². The molecular formula is C14H12N4O2. The van der Waals surface area contributed by atoms with E-state index in [1.807, 2.05) is 24.3 Å². The maximum absolute atomic E-state index is 12.2. The normalized spacial score (nSPS) is 10.7. The van der Waals surface area contributed by atoms with Crippen molar-refractivity contribution in [3.05, 3.63) is 48.3 Å². The Labute approximate surface area is 114 Å². The summed E-state index contributed by atoms with van der Waals surface area (Å²) in [5, 5.41) is 18.2. The van der Waals surface area contributed by atoms with Crippen molar-refractivity contribution in [1.82, 2.24) is 14.8 Å². The maximum Gasteiger partial charge on any atom is 0.261 e. The number of nitrogens with one attached hydrogen (secondary N) is 1. The summed E-state index contributed by atoms with van der Waals surface area (Å²) in [6.45, 7) is 0. The largest absolute Gasteiger partial charge is 0.507 e. The molecule has 3 aromatic rings. The standard InChI is InChI=1S/C14H12N4O2/c1-18-14(15-8-16-18)17-13(20)11-6-9-4-2-3-5-10(9)7-12(11)19/h2-8,19H,1H3,(H,15,16,17,20). The maximum atomic E-state index is 12.2. The first-order valence-corrected chi connectivity index (χ1v) is 6.02. The lowest BCUT2D eigenvalue weighted by molar-refractivity contribution is 0.102. The van der Waals surface area contributed by atoms with Crippen molar-refractivity contribution >= 4 is 22.6 Å². The van der Waals surface area contributed by atoms with Crippen molar-refractivity contribution in [3.63, 3.8) is 0 Å². The Balaban J connectivity index is 1.99. The second kappa shape index (κ2) is 4.65. The second-order valence-corrected chi connectivity index (χ2v) is 4.38. The van der Waals surface area contributed by atoms with Crippen LogP contribution >= 0.6 is 0 Å². The Hall–Kier alpha value is -2.89. The average molecular weight is 268 g/mol. The van der Waals surface area contributed by atoms with Crippen LogP contribution in [0.3, 0.4) is 0 Å². The van der Waals surface area contributed by atoms with Crippen LogP contribution < -0.4 is 5.32 Å². The van der Waals surface area contributed by atoms with Crippen LogP contribution in [0.1, 0.15) is 10.4 Å². The number of hydrogen-bond donors (Lipinski definition) is 2. The van der Waals surface area contributed by atoms with E-state index in [-0.39, 0.29) is 11.3 Å². The first kappa shape index (κ1) is 12.2. The molecular weight excluding hydrogens is 256 g/mol. The van der Waals surface area contributed by atoms with Gasteiger partial charge in [-0.25, -0.2) is 4.68 Å². The number of benzene rings is 2. The lowest BCUT2D eigenvalue weighted by atomic mass is 10.1. The highest BCUT2D eigenvalue weighted by molar-refractivity contribution is 6.07. The Morgan fingerprint density at radius 1 is 1.25 bits per heavy atom. The molecule has 6 heteroatoms. The van der Waals surface area contributed by atoms with Gasteiger partial charge in [0, 0.05) is 7.05 Å². The van der Waals surface area contributed by atoms with Gasteiger partial charge in [-0.1, -0.05) is 24.3 Å². The van der Waals surface area contributed by atoms with Gasteiger partial charge in [0.25, 0.3) is 5.91 Å². The first-order chi connectivity index (χ1) is 9.65. The SMILES string of the molecule is Cn1ncnc1NC(=O)c1cc2ccccc2cc1O. The van der Waals surface area contributed by atoms with E-state index >= 15 is 0 Å². The molecule has 0 bridgehead atoms. The topological polar surface area (TPSA) is 80.0 Å². The monoisotopic (exact) mass is 268 g/mol. The van der Waals surface area contributed by atoms with Gasteiger partial charge in [0.1, 0.15) is 12.1 Å². The lowest BCUT2D eigenvalue weighted by Gasteiger charge is -2.07. The zero-order chi connectivity index (χ0) is 14.1. The van der Waals surface area contributed by atoms with Crippen LogP contribution in [0.5, 0.6) is 5.75 Å². The predicted molar refractivity (Wildman–Crippen MR) is 74.6 cm³/mol. The number of carbonyl (C=O) groups excluding carboxylic acids is 1. The molecule has 2 aromatic carbocycles. The fourth-order valence-electron chi connectivity index (χ4n) is 1.99. The molecule has 0 fully saturated rings. The van der Waals surface area contributed by atoms with E-state index < -0.39 is 5.91 Å². The molecule has 0 saturated heterocycles. The molecule has 1 amide bonds. The minimum Gasteiger partial charge on any atom is -0.507 e. The van der Waals surface area contributed by atoms with Gasteiger partial charge in [0.2, 0.25) is 5.95 Å². The minimum absolute atomic E-state index is 0.0663. The Bertz CT molecular complexity index is 795. The minimum atomic E-state index is -0.427. The molecule has 100 valence electrons. The lowest BCUT2D eigenvalue weighted by Crippen LogP contribution is -2.15. The van der Waals surface area contributed by atoms with Crippen LogP contribution in [0, 0.1) is 0 Å². The Morgan fingerprint density at radius 3 is 2.60 bits per heavy atom. The van der Waals surface area contributed by atoms with Crippen molar-refractivity contribution in [1.29, 1.82) is 0 Å². The summed E-state index contributed by atoms with van der Waals surface area (Å²) >= 11 is 0. The van der Waals surface area contributed by atoms with Gasteiger partial charge in [-0.3, -0.25) is 10.1 Å². The number of nitrogens with zero attached hydrogens (tertiary/aromatic N) is 3. The number of phenolic OH excluding ortho intramolecular Hbond substituents is 1. The number of phenols is 1. The van der Waals surface area contributed by atoms with Crippen molar-refractivity contribution in [2.75, 3.05) is 5.32 Å². The van der Waals surface area contributed by atoms with Crippen molar-refractivity contribution in [3.8, 4) is 5.75 Å². The smallest absolute Gasteiger partial charge is 0.261 e.